The molecule has 0 aliphatic rings. The first kappa shape index (κ1) is 15.8. The van der Waals surface area contributed by atoms with Crippen molar-refractivity contribution in [2.75, 3.05) is 38.1 Å². The highest BCUT2D eigenvalue weighted by Gasteiger charge is 2.23. The van der Waals surface area contributed by atoms with Crippen molar-refractivity contribution in [2.45, 2.75) is 6.92 Å². The summed E-state index contributed by atoms with van der Waals surface area (Å²) in [6.07, 6.45) is 0. The van der Waals surface area contributed by atoms with E-state index in [1.165, 1.54) is 7.11 Å². The Morgan fingerprint density at radius 1 is 1.44 bits per heavy atom. The first-order chi connectivity index (χ1) is 7.47. The molecule has 96 valence electrons. The maximum absolute atomic E-state index is 11.6. The van der Waals surface area contributed by atoms with Crippen LogP contribution in [0, 0.1) is 0 Å². The van der Waals surface area contributed by atoms with Crippen molar-refractivity contribution in [2.24, 2.45) is 0 Å². The number of hydrogen-bond donors (Lipinski definition) is 0. The van der Waals surface area contributed by atoms with Gasteiger partial charge < -0.3 is 9.47 Å². The molecular weight excluding hydrogens is 302 g/mol. The van der Waals surface area contributed by atoms with E-state index >= 15 is 0 Å². The molecule has 8 heteroatoms. The van der Waals surface area contributed by atoms with Crippen LogP contribution in [0.15, 0.2) is 0 Å². The van der Waals surface area contributed by atoms with Gasteiger partial charge >= 0.3 is 5.97 Å². The van der Waals surface area contributed by atoms with E-state index in [0.29, 0.717) is 0 Å². The molecule has 0 atom stereocenters. The van der Waals surface area contributed by atoms with E-state index in [4.69, 9.17) is 9.47 Å². The topological polar surface area (TPSA) is 72.9 Å². The second-order valence-electron chi connectivity index (χ2n) is 2.85. The molecular formula is C8H16BrNO5S. The van der Waals surface area contributed by atoms with Gasteiger partial charge in [0.15, 0.2) is 0 Å². The molecule has 0 saturated carbocycles. The predicted octanol–water partition coefficient (Wildman–Crippen LogP) is 0.180. The summed E-state index contributed by atoms with van der Waals surface area (Å²) >= 11 is 2.87. The number of hydrogen-bond acceptors (Lipinski definition) is 5. The van der Waals surface area contributed by atoms with Gasteiger partial charge in [-0.25, -0.2) is 8.42 Å². The smallest absolute Gasteiger partial charge is 0.321 e. The highest BCUT2D eigenvalue weighted by atomic mass is 79.9. The van der Waals surface area contributed by atoms with Crippen molar-refractivity contribution in [1.82, 2.24) is 4.31 Å². The van der Waals surface area contributed by atoms with Gasteiger partial charge in [0.25, 0.3) is 0 Å². The first-order valence-electron chi connectivity index (χ1n) is 4.66. The Morgan fingerprint density at radius 2 is 2.06 bits per heavy atom. The summed E-state index contributed by atoms with van der Waals surface area (Å²) in [7, 11) is -2.02. The Bertz CT molecular complexity index is 306. The third-order valence-electron chi connectivity index (χ3n) is 1.69. The number of ether oxygens (including phenoxy) is 2. The van der Waals surface area contributed by atoms with Crippen molar-refractivity contribution in [1.29, 1.82) is 0 Å². The number of rotatable bonds is 8. The van der Waals surface area contributed by atoms with Crippen LogP contribution in [0.5, 0.6) is 0 Å². The minimum Gasteiger partial charge on any atom is -0.465 e. The van der Waals surface area contributed by atoms with E-state index in [-0.39, 0.29) is 31.0 Å². The lowest BCUT2D eigenvalue weighted by Gasteiger charge is -2.19. The number of esters is 1. The van der Waals surface area contributed by atoms with Crippen LogP contribution in [0.4, 0.5) is 0 Å². The van der Waals surface area contributed by atoms with E-state index in [0.717, 1.165) is 4.31 Å². The predicted molar refractivity (Wildman–Crippen MR) is 62.8 cm³/mol. The lowest BCUT2D eigenvalue weighted by molar-refractivity contribution is -0.143. The summed E-state index contributed by atoms with van der Waals surface area (Å²) in [6, 6.07) is 0. The van der Waals surface area contributed by atoms with E-state index in [1.807, 2.05) is 0 Å². The maximum Gasteiger partial charge on any atom is 0.321 e. The average molecular weight is 318 g/mol. The fraction of sp³-hybridized carbons (Fsp3) is 0.875. The molecule has 0 heterocycles. The van der Waals surface area contributed by atoms with Gasteiger partial charge in [0.2, 0.25) is 10.0 Å². The van der Waals surface area contributed by atoms with Gasteiger partial charge in [-0.05, 0) is 6.92 Å². The normalized spacial score (nSPS) is 11.8. The van der Waals surface area contributed by atoms with Crippen molar-refractivity contribution in [3.05, 3.63) is 0 Å². The number of carbonyl (C=O) groups excluding carboxylic acids is 1. The molecule has 0 saturated heterocycles. The summed E-state index contributed by atoms with van der Waals surface area (Å²) in [5.41, 5.74) is 0. The van der Waals surface area contributed by atoms with Gasteiger partial charge in [0.1, 0.15) is 11.2 Å². The second-order valence-corrected chi connectivity index (χ2v) is 6.12. The number of methoxy groups -OCH3 is 1. The van der Waals surface area contributed by atoms with Crippen LogP contribution in [0.2, 0.25) is 0 Å². The van der Waals surface area contributed by atoms with E-state index in [9.17, 15) is 13.2 Å². The molecule has 0 rings (SSSR count). The highest BCUT2D eigenvalue weighted by Crippen LogP contribution is 2.05. The molecule has 0 aliphatic carbocycles. The van der Waals surface area contributed by atoms with Crippen molar-refractivity contribution < 1.29 is 22.7 Å². The molecule has 0 N–H and O–H groups in total. The van der Waals surface area contributed by atoms with Crippen LogP contribution in [0.25, 0.3) is 0 Å². The SMILES string of the molecule is CCOC(=O)CN(CCOC)S(=O)(=O)CBr. The summed E-state index contributed by atoms with van der Waals surface area (Å²) in [6.45, 7) is 1.96. The number of halogens is 1. The Morgan fingerprint density at radius 3 is 2.50 bits per heavy atom. The van der Waals surface area contributed by atoms with Crippen molar-refractivity contribution >= 4 is 31.9 Å². The number of alkyl halides is 1. The highest BCUT2D eigenvalue weighted by molar-refractivity contribution is 9.10. The third-order valence-corrected chi connectivity index (χ3v) is 4.80. The molecule has 0 fully saturated rings. The zero-order valence-corrected chi connectivity index (χ0v) is 11.7. The summed E-state index contributed by atoms with van der Waals surface area (Å²) in [4.78, 5) is 11.2. The summed E-state index contributed by atoms with van der Waals surface area (Å²) in [5.74, 6) is -0.567. The number of nitrogens with zero attached hydrogens (tertiary/aromatic N) is 1. The number of sulfonamides is 1. The third kappa shape index (κ3) is 5.78. The van der Waals surface area contributed by atoms with Gasteiger partial charge in [0.05, 0.1) is 13.2 Å². The largest absolute Gasteiger partial charge is 0.465 e. The lowest BCUT2D eigenvalue weighted by atomic mass is 10.6. The number of carbonyl (C=O) groups is 1. The molecule has 6 nitrogen and oxygen atoms in total. The Labute approximate surface area is 104 Å². The molecule has 16 heavy (non-hydrogen) atoms. The standard InChI is InChI=1S/C8H16BrNO5S/c1-3-15-8(11)6-10(4-5-14-2)16(12,13)7-9/h3-7H2,1-2H3. The van der Waals surface area contributed by atoms with Crippen LogP contribution in [0.1, 0.15) is 6.92 Å². The Kier molecular flexibility index (Phi) is 7.90. The van der Waals surface area contributed by atoms with Gasteiger partial charge in [-0.3, -0.25) is 4.79 Å². The van der Waals surface area contributed by atoms with Crippen LogP contribution in [0.3, 0.4) is 0 Å². The maximum atomic E-state index is 11.6. The van der Waals surface area contributed by atoms with E-state index in [1.54, 1.807) is 6.92 Å². The fourth-order valence-electron chi connectivity index (χ4n) is 0.929. The van der Waals surface area contributed by atoms with Gasteiger partial charge in [0, 0.05) is 13.7 Å². The molecule has 0 aliphatic heterocycles. The van der Waals surface area contributed by atoms with Crippen LogP contribution in [-0.2, 0) is 24.3 Å². The van der Waals surface area contributed by atoms with Crippen LogP contribution in [-0.4, -0.2) is 56.8 Å². The Balaban J connectivity index is 4.49. The van der Waals surface area contributed by atoms with Gasteiger partial charge in [-0.1, -0.05) is 15.9 Å². The average Bonchev–Trinajstić information content (AvgIpc) is 2.24. The zero-order chi connectivity index (χ0) is 12.6. The summed E-state index contributed by atoms with van der Waals surface area (Å²) < 4.78 is 33.4. The molecule has 0 aromatic carbocycles. The molecule has 0 amide bonds. The zero-order valence-electron chi connectivity index (χ0n) is 9.31. The quantitative estimate of drug-likeness (QED) is 0.471. The fourth-order valence-corrected chi connectivity index (χ4v) is 2.59. The van der Waals surface area contributed by atoms with Gasteiger partial charge in [-0.15, -0.1) is 0 Å². The Hall–Kier alpha value is -0.180. The monoisotopic (exact) mass is 317 g/mol. The molecule has 0 aromatic rings. The molecule has 0 bridgehead atoms. The summed E-state index contributed by atoms with van der Waals surface area (Å²) in [5, 5.41) is 0. The van der Waals surface area contributed by atoms with E-state index < -0.39 is 16.0 Å². The van der Waals surface area contributed by atoms with Crippen molar-refractivity contribution in [3.63, 3.8) is 0 Å². The van der Waals surface area contributed by atoms with Gasteiger partial charge in [-0.2, -0.15) is 4.31 Å². The molecule has 0 aromatic heterocycles. The van der Waals surface area contributed by atoms with E-state index in [2.05, 4.69) is 15.9 Å². The van der Waals surface area contributed by atoms with Crippen LogP contribution >= 0.6 is 15.9 Å². The minimum atomic E-state index is -3.48. The molecule has 0 unspecified atom stereocenters. The second kappa shape index (κ2) is 7.99. The molecule has 0 radical (unpaired) electrons. The minimum absolute atomic E-state index is 0.128. The molecule has 0 spiro atoms. The lowest BCUT2D eigenvalue weighted by Crippen LogP contribution is -2.39. The first-order valence-corrected chi connectivity index (χ1v) is 7.39. The van der Waals surface area contributed by atoms with Crippen LogP contribution < -0.4 is 0 Å². The van der Waals surface area contributed by atoms with Crippen molar-refractivity contribution in [3.8, 4) is 0 Å².